The number of tetrazole rings is 1. The molecule has 10 heteroatoms. The van der Waals surface area contributed by atoms with Gasteiger partial charge in [-0.15, -0.1) is 16.4 Å². The van der Waals surface area contributed by atoms with E-state index in [4.69, 9.17) is 0 Å². The number of amides is 2. The summed E-state index contributed by atoms with van der Waals surface area (Å²) in [6.45, 7) is 2.19. The Hall–Kier alpha value is -2.75. The molecule has 3 aromatic rings. The van der Waals surface area contributed by atoms with Crippen LogP contribution in [0.1, 0.15) is 10.5 Å². The van der Waals surface area contributed by atoms with Crippen molar-refractivity contribution in [2.45, 2.75) is 6.54 Å². The van der Waals surface area contributed by atoms with E-state index in [1.807, 2.05) is 17.5 Å². The molecule has 0 aromatic carbocycles. The summed E-state index contributed by atoms with van der Waals surface area (Å²) < 4.78 is 2.47. The van der Waals surface area contributed by atoms with Gasteiger partial charge in [0.25, 0.3) is 5.91 Å². The van der Waals surface area contributed by atoms with Gasteiger partial charge in [-0.2, -0.15) is 0 Å². The summed E-state index contributed by atoms with van der Waals surface area (Å²) in [5.74, 6) is -0.0687. The van der Waals surface area contributed by atoms with Crippen LogP contribution >= 0.6 is 11.3 Å². The van der Waals surface area contributed by atoms with Crippen molar-refractivity contribution < 1.29 is 9.59 Å². The molecule has 124 valence electrons. The Bertz CT molecular complexity index is 832. The maximum Gasteiger partial charge on any atom is 0.270 e. The first kappa shape index (κ1) is 14.8. The van der Waals surface area contributed by atoms with Gasteiger partial charge in [-0.05, 0) is 27.9 Å². The van der Waals surface area contributed by atoms with Crippen LogP contribution in [0, 0.1) is 0 Å². The van der Waals surface area contributed by atoms with Gasteiger partial charge in [-0.1, -0.05) is 0 Å². The highest BCUT2D eigenvalue weighted by atomic mass is 32.1. The van der Waals surface area contributed by atoms with Gasteiger partial charge in [-0.3, -0.25) is 9.59 Å². The molecule has 1 N–H and O–H groups in total. The van der Waals surface area contributed by atoms with Crippen molar-refractivity contribution in [3.8, 4) is 0 Å². The Kier molecular flexibility index (Phi) is 3.73. The van der Waals surface area contributed by atoms with Crippen LogP contribution in [-0.4, -0.2) is 73.0 Å². The number of nitrogens with zero attached hydrogens (tertiary/aromatic N) is 6. The standard InChI is InChI=1S/C14H15N7O2S/c22-13(8-21-9-15-17-18-21)19-2-4-20(5-3-19)14(23)11-7-12-10(16-11)1-6-24-12/h1,6-7,9,16H,2-5,8H2. The molecule has 4 heterocycles. The number of H-pyrrole nitrogens is 1. The highest BCUT2D eigenvalue weighted by Gasteiger charge is 2.26. The molecule has 0 bridgehead atoms. The van der Waals surface area contributed by atoms with Crippen LogP contribution in [0.15, 0.2) is 23.8 Å². The summed E-state index contributed by atoms with van der Waals surface area (Å²) in [6.07, 6.45) is 1.41. The number of piperazine rings is 1. The lowest BCUT2D eigenvalue weighted by Crippen LogP contribution is -2.51. The lowest BCUT2D eigenvalue weighted by atomic mass is 10.2. The Morgan fingerprint density at radius 3 is 2.71 bits per heavy atom. The molecular weight excluding hydrogens is 330 g/mol. The molecule has 0 atom stereocenters. The van der Waals surface area contributed by atoms with E-state index in [1.54, 1.807) is 21.1 Å². The number of hydrogen-bond acceptors (Lipinski definition) is 6. The maximum atomic E-state index is 12.6. The van der Waals surface area contributed by atoms with Crippen molar-refractivity contribution in [3.05, 3.63) is 29.5 Å². The first-order valence-corrected chi connectivity index (χ1v) is 8.43. The third-order valence-electron chi connectivity index (χ3n) is 4.08. The molecule has 0 spiro atoms. The fraction of sp³-hybridized carbons (Fsp3) is 0.357. The van der Waals surface area contributed by atoms with Crippen LogP contribution in [0.3, 0.4) is 0 Å². The highest BCUT2D eigenvalue weighted by Crippen LogP contribution is 2.22. The van der Waals surface area contributed by atoms with Gasteiger partial charge >= 0.3 is 0 Å². The van der Waals surface area contributed by atoms with Crippen molar-refractivity contribution in [1.82, 2.24) is 35.0 Å². The fourth-order valence-corrected chi connectivity index (χ4v) is 3.57. The van der Waals surface area contributed by atoms with Gasteiger partial charge < -0.3 is 14.8 Å². The average molecular weight is 345 g/mol. The van der Waals surface area contributed by atoms with Crippen LogP contribution in [0.2, 0.25) is 0 Å². The molecule has 0 radical (unpaired) electrons. The number of carbonyl (C=O) groups is 2. The molecule has 1 aliphatic heterocycles. The molecule has 24 heavy (non-hydrogen) atoms. The summed E-state index contributed by atoms with van der Waals surface area (Å²) in [4.78, 5) is 31.4. The molecule has 0 unspecified atom stereocenters. The highest BCUT2D eigenvalue weighted by molar-refractivity contribution is 7.17. The molecule has 2 amide bonds. The van der Waals surface area contributed by atoms with E-state index in [0.717, 1.165) is 10.2 Å². The number of fused-ring (bicyclic) bond motifs is 1. The van der Waals surface area contributed by atoms with Crippen LogP contribution in [0.4, 0.5) is 0 Å². The van der Waals surface area contributed by atoms with Crippen molar-refractivity contribution >= 4 is 33.4 Å². The second-order valence-corrected chi connectivity index (χ2v) is 6.51. The number of aromatic amines is 1. The van der Waals surface area contributed by atoms with E-state index < -0.39 is 0 Å². The van der Waals surface area contributed by atoms with Gasteiger partial charge in [0, 0.05) is 26.2 Å². The molecular formula is C14H15N7O2S. The number of hydrogen-bond donors (Lipinski definition) is 1. The van der Waals surface area contributed by atoms with E-state index in [-0.39, 0.29) is 18.4 Å². The zero-order valence-electron chi connectivity index (χ0n) is 12.8. The molecule has 1 saturated heterocycles. The smallest absolute Gasteiger partial charge is 0.270 e. The second-order valence-electron chi connectivity index (χ2n) is 5.56. The maximum absolute atomic E-state index is 12.6. The summed E-state index contributed by atoms with van der Waals surface area (Å²) in [7, 11) is 0. The van der Waals surface area contributed by atoms with E-state index in [2.05, 4.69) is 20.5 Å². The molecule has 1 aliphatic rings. The van der Waals surface area contributed by atoms with Crippen molar-refractivity contribution in [3.63, 3.8) is 0 Å². The topological polar surface area (TPSA) is 100 Å². The Morgan fingerprint density at radius 1 is 1.21 bits per heavy atom. The van der Waals surface area contributed by atoms with Crippen LogP contribution in [-0.2, 0) is 11.3 Å². The van der Waals surface area contributed by atoms with Crippen molar-refractivity contribution in [2.75, 3.05) is 26.2 Å². The second kappa shape index (κ2) is 6.04. The van der Waals surface area contributed by atoms with Crippen LogP contribution in [0.25, 0.3) is 10.2 Å². The first-order chi connectivity index (χ1) is 11.7. The zero-order chi connectivity index (χ0) is 16.5. The molecule has 0 aliphatic carbocycles. The van der Waals surface area contributed by atoms with Crippen LogP contribution < -0.4 is 0 Å². The predicted octanol–water partition coefficient (Wildman–Crippen LogP) is 0.201. The van der Waals surface area contributed by atoms with E-state index in [1.165, 1.54) is 11.0 Å². The number of thiophene rings is 1. The Labute approximate surface area is 140 Å². The van der Waals surface area contributed by atoms with Crippen molar-refractivity contribution in [1.29, 1.82) is 0 Å². The molecule has 0 saturated carbocycles. The lowest BCUT2D eigenvalue weighted by molar-refractivity contribution is -0.133. The average Bonchev–Trinajstić information content (AvgIpc) is 3.31. The minimum Gasteiger partial charge on any atom is -0.350 e. The quantitative estimate of drug-likeness (QED) is 0.731. The predicted molar refractivity (Wildman–Crippen MR) is 86.5 cm³/mol. The lowest BCUT2D eigenvalue weighted by Gasteiger charge is -2.34. The van der Waals surface area contributed by atoms with E-state index >= 15 is 0 Å². The van der Waals surface area contributed by atoms with Gasteiger partial charge in [0.05, 0.1) is 10.2 Å². The van der Waals surface area contributed by atoms with Gasteiger partial charge in [-0.25, -0.2) is 4.68 Å². The monoisotopic (exact) mass is 345 g/mol. The number of nitrogens with one attached hydrogen (secondary N) is 1. The Morgan fingerprint density at radius 2 is 2.00 bits per heavy atom. The number of carbonyl (C=O) groups excluding carboxylic acids is 2. The summed E-state index contributed by atoms with van der Waals surface area (Å²) >= 11 is 1.60. The molecule has 1 fully saturated rings. The number of aromatic nitrogens is 5. The minimum atomic E-state index is -0.0465. The van der Waals surface area contributed by atoms with Crippen LogP contribution in [0.5, 0.6) is 0 Å². The third kappa shape index (κ3) is 2.75. The summed E-state index contributed by atoms with van der Waals surface area (Å²) in [5, 5.41) is 12.7. The zero-order valence-corrected chi connectivity index (χ0v) is 13.6. The minimum absolute atomic E-state index is 0.0222. The molecule has 3 aromatic heterocycles. The first-order valence-electron chi connectivity index (χ1n) is 7.55. The third-order valence-corrected chi connectivity index (χ3v) is 4.94. The molecule has 9 nitrogen and oxygen atoms in total. The molecule has 4 rings (SSSR count). The van der Waals surface area contributed by atoms with Gasteiger partial charge in [0.2, 0.25) is 5.91 Å². The normalized spacial score (nSPS) is 15.2. The largest absolute Gasteiger partial charge is 0.350 e. The SMILES string of the molecule is O=C(Cn1cnnn1)N1CCN(C(=O)c2cc3sccc3[nH]2)CC1. The van der Waals surface area contributed by atoms with E-state index in [0.29, 0.717) is 31.9 Å². The van der Waals surface area contributed by atoms with E-state index in [9.17, 15) is 9.59 Å². The fourth-order valence-electron chi connectivity index (χ4n) is 2.78. The van der Waals surface area contributed by atoms with Gasteiger partial charge in [0.15, 0.2) is 0 Å². The van der Waals surface area contributed by atoms with Gasteiger partial charge in [0.1, 0.15) is 18.6 Å². The number of rotatable bonds is 3. The van der Waals surface area contributed by atoms with Crippen molar-refractivity contribution in [2.24, 2.45) is 0 Å². The Balaban J connectivity index is 1.36. The summed E-state index contributed by atoms with van der Waals surface area (Å²) in [6, 6.07) is 3.85. The summed E-state index contributed by atoms with van der Waals surface area (Å²) in [5.41, 5.74) is 1.59.